The van der Waals surface area contributed by atoms with Crippen LogP contribution in [0.3, 0.4) is 0 Å². The summed E-state index contributed by atoms with van der Waals surface area (Å²) < 4.78 is 0. The Morgan fingerprint density at radius 1 is 1.10 bits per heavy atom. The van der Waals surface area contributed by atoms with Gasteiger partial charge in [0.25, 0.3) is 0 Å². The molecule has 0 aliphatic rings. The number of nitrogens with one attached hydrogen (secondary N) is 1. The molecule has 2 aromatic carbocycles. The summed E-state index contributed by atoms with van der Waals surface area (Å²) >= 11 is 1.58. The molecule has 3 heteroatoms. The molecule has 20 heavy (non-hydrogen) atoms. The monoisotopic (exact) mass is 285 g/mol. The molecule has 0 atom stereocenters. The van der Waals surface area contributed by atoms with E-state index in [1.54, 1.807) is 11.8 Å². The largest absolute Gasteiger partial charge is 0.325 e. The molecule has 0 bridgehead atoms. The molecule has 0 saturated carbocycles. The van der Waals surface area contributed by atoms with Crippen molar-refractivity contribution in [2.75, 3.05) is 11.1 Å². The summed E-state index contributed by atoms with van der Waals surface area (Å²) in [5, 5.41) is 2.99. The highest BCUT2D eigenvalue weighted by atomic mass is 32.2. The number of aryl methyl sites for hydroxylation is 2. The summed E-state index contributed by atoms with van der Waals surface area (Å²) in [6.45, 7) is 4.15. The molecule has 0 aliphatic carbocycles. The number of rotatable bonds is 5. The van der Waals surface area contributed by atoms with Gasteiger partial charge in [-0.15, -0.1) is 11.8 Å². The first-order valence-corrected chi connectivity index (χ1v) is 7.75. The van der Waals surface area contributed by atoms with E-state index in [4.69, 9.17) is 0 Å². The van der Waals surface area contributed by atoms with Gasteiger partial charge in [-0.2, -0.15) is 0 Å². The van der Waals surface area contributed by atoms with Crippen LogP contribution >= 0.6 is 11.8 Å². The average molecular weight is 285 g/mol. The van der Waals surface area contributed by atoms with Crippen molar-refractivity contribution in [2.45, 2.75) is 25.2 Å². The van der Waals surface area contributed by atoms with Gasteiger partial charge >= 0.3 is 0 Å². The van der Waals surface area contributed by atoms with Crippen LogP contribution in [0.5, 0.6) is 0 Å². The van der Waals surface area contributed by atoms with Crippen molar-refractivity contribution in [2.24, 2.45) is 0 Å². The fourth-order valence-electron chi connectivity index (χ4n) is 2.00. The molecular weight excluding hydrogens is 266 g/mol. The summed E-state index contributed by atoms with van der Waals surface area (Å²) in [7, 11) is 0. The Morgan fingerprint density at radius 3 is 2.55 bits per heavy atom. The lowest BCUT2D eigenvalue weighted by atomic mass is 10.1. The Labute approximate surface area is 124 Å². The van der Waals surface area contributed by atoms with E-state index in [-0.39, 0.29) is 5.91 Å². The Hall–Kier alpha value is -1.74. The van der Waals surface area contributed by atoms with Crippen LogP contribution in [0.1, 0.15) is 18.1 Å². The first-order valence-electron chi connectivity index (χ1n) is 6.77. The summed E-state index contributed by atoms with van der Waals surface area (Å²) in [6, 6.07) is 16.1. The van der Waals surface area contributed by atoms with Crippen molar-refractivity contribution < 1.29 is 4.79 Å². The molecule has 0 fully saturated rings. The highest BCUT2D eigenvalue weighted by Crippen LogP contribution is 2.22. The molecule has 0 heterocycles. The van der Waals surface area contributed by atoms with E-state index in [9.17, 15) is 4.79 Å². The minimum absolute atomic E-state index is 0.0409. The molecule has 0 unspecified atom stereocenters. The number of anilines is 1. The number of hydrogen-bond acceptors (Lipinski definition) is 2. The van der Waals surface area contributed by atoms with Crippen molar-refractivity contribution in [3.05, 3.63) is 59.7 Å². The van der Waals surface area contributed by atoms with Crippen molar-refractivity contribution in [1.29, 1.82) is 0 Å². The number of amides is 1. The van der Waals surface area contributed by atoms with E-state index < -0.39 is 0 Å². The summed E-state index contributed by atoms with van der Waals surface area (Å²) in [4.78, 5) is 13.2. The minimum Gasteiger partial charge on any atom is -0.325 e. The van der Waals surface area contributed by atoms with E-state index in [1.165, 1.54) is 11.1 Å². The van der Waals surface area contributed by atoms with Gasteiger partial charge in [-0.1, -0.05) is 43.3 Å². The molecule has 0 saturated heterocycles. The van der Waals surface area contributed by atoms with Gasteiger partial charge in [0.1, 0.15) is 0 Å². The number of para-hydroxylation sites is 1. The fraction of sp³-hybridized carbons (Fsp3) is 0.235. The summed E-state index contributed by atoms with van der Waals surface area (Å²) in [5.74, 6) is 0.474. The van der Waals surface area contributed by atoms with Crippen LogP contribution in [0.2, 0.25) is 0 Å². The molecule has 0 spiro atoms. The van der Waals surface area contributed by atoms with Gasteiger partial charge in [0, 0.05) is 10.6 Å². The topological polar surface area (TPSA) is 29.1 Å². The van der Waals surface area contributed by atoms with E-state index in [1.807, 2.05) is 42.5 Å². The van der Waals surface area contributed by atoms with E-state index in [0.29, 0.717) is 5.75 Å². The van der Waals surface area contributed by atoms with Crippen LogP contribution in [0.4, 0.5) is 5.69 Å². The quantitative estimate of drug-likeness (QED) is 0.830. The number of hydrogen-bond donors (Lipinski definition) is 1. The molecule has 1 amide bonds. The zero-order chi connectivity index (χ0) is 14.4. The lowest BCUT2D eigenvalue weighted by Gasteiger charge is -2.10. The molecule has 0 aliphatic heterocycles. The zero-order valence-corrected chi connectivity index (χ0v) is 12.7. The van der Waals surface area contributed by atoms with Gasteiger partial charge in [0.05, 0.1) is 5.75 Å². The second kappa shape index (κ2) is 7.15. The summed E-state index contributed by atoms with van der Waals surface area (Å²) in [6.07, 6.45) is 0.918. The van der Waals surface area contributed by atoms with Gasteiger partial charge in [-0.05, 0) is 36.6 Å². The number of thioether (sulfide) groups is 1. The molecular formula is C17H19NOS. The molecule has 0 radical (unpaired) electrons. The average Bonchev–Trinajstić information content (AvgIpc) is 2.47. The number of benzene rings is 2. The lowest BCUT2D eigenvalue weighted by Crippen LogP contribution is -2.15. The van der Waals surface area contributed by atoms with Gasteiger partial charge in [-0.25, -0.2) is 0 Å². The maximum Gasteiger partial charge on any atom is 0.234 e. The SMILES string of the molecule is CCc1ccccc1NC(=O)CSc1ccccc1C. The van der Waals surface area contributed by atoms with Gasteiger partial charge in [0.15, 0.2) is 0 Å². The van der Waals surface area contributed by atoms with Crippen LogP contribution in [0.25, 0.3) is 0 Å². The molecule has 2 nitrogen and oxygen atoms in total. The van der Waals surface area contributed by atoms with Crippen LogP contribution in [-0.4, -0.2) is 11.7 Å². The Morgan fingerprint density at radius 2 is 1.80 bits per heavy atom. The number of carbonyl (C=O) groups excluding carboxylic acids is 1. The molecule has 2 aromatic rings. The second-order valence-electron chi connectivity index (χ2n) is 4.61. The van der Waals surface area contributed by atoms with Gasteiger partial charge < -0.3 is 5.32 Å². The highest BCUT2D eigenvalue weighted by Gasteiger charge is 2.07. The van der Waals surface area contributed by atoms with Crippen LogP contribution in [0, 0.1) is 6.92 Å². The normalized spacial score (nSPS) is 10.3. The second-order valence-corrected chi connectivity index (χ2v) is 5.63. The first-order chi connectivity index (χ1) is 9.70. The number of carbonyl (C=O) groups is 1. The van der Waals surface area contributed by atoms with Gasteiger partial charge in [-0.3, -0.25) is 4.79 Å². The predicted octanol–water partition coefficient (Wildman–Crippen LogP) is 4.29. The van der Waals surface area contributed by atoms with E-state index >= 15 is 0 Å². The van der Waals surface area contributed by atoms with Crippen molar-refractivity contribution in [1.82, 2.24) is 0 Å². The highest BCUT2D eigenvalue weighted by molar-refractivity contribution is 8.00. The maximum atomic E-state index is 12.0. The van der Waals surface area contributed by atoms with Gasteiger partial charge in [0.2, 0.25) is 5.91 Å². The third-order valence-corrected chi connectivity index (χ3v) is 4.30. The van der Waals surface area contributed by atoms with Crippen LogP contribution in [-0.2, 0) is 11.2 Å². The predicted molar refractivity (Wildman–Crippen MR) is 86.4 cm³/mol. The molecule has 2 rings (SSSR count). The third kappa shape index (κ3) is 3.87. The van der Waals surface area contributed by atoms with Crippen molar-refractivity contribution in [3.8, 4) is 0 Å². The van der Waals surface area contributed by atoms with E-state index in [2.05, 4.69) is 25.2 Å². The van der Waals surface area contributed by atoms with Crippen molar-refractivity contribution >= 4 is 23.4 Å². The smallest absolute Gasteiger partial charge is 0.234 e. The Bertz CT molecular complexity index is 595. The summed E-state index contributed by atoms with van der Waals surface area (Å²) in [5.41, 5.74) is 3.30. The van der Waals surface area contributed by atoms with Crippen LogP contribution in [0.15, 0.2) is 53.4 Å². The van der Waals surface area contributed by atoms with E-state index in [0.717, 1.165) is 17.0 Å². The maximum absolute atomic E-state index is 12.0. The molecule has 104 valence electrons. The molecule has 0 aromatic heterocycles. The zero-order valence-electron chi connectivity index (χ0n) is 11.8. The standard InChI is InChI=1S/C17H19NOS/c1-3-14-9-5-6-10-15(14)18-17(19)12-20-16-11-7-4-8-13(16)2/h4-11H,3,12H2,1-2H3,(H,18,19). The first kappa shape index (κ1) is 14.7. The fourth-order valence-corrected chi connectivity index (χ4v) is 2.83. The minimum atomic E-state index is 0.0409. The molecule has 1 N–H and O–H groups in total. The third-order valence-electron chi connectivity index (χ3n) is 3.12. The van der Waals surface area contributed by atoms with Crippen molar-refractivity contribution in [3.63, 3.8) is 0 Å². The lowest BCUT2D eigenvalue weighted by molar-refractivity contribution is -0.113. The Balaban J connectivity index is 1.95. The van der Waals surface area contributed by atoms with Crippen LogP contribution < -0.4 is 5.32 Å². The Kier molecular flexibility index (Phi) is 5.24.